The van der Waals surface area contributed by atoms with Gasteiger partial charge in [0.15, 0.2) is 0 Å². The standard InChI is InChI=1S/C19H29N3/c1-6-16(20)7-15-10-21(5)18-9-14-12-22(19(2,3)4)11-13(14)8-17(15)18/h8-10,16H,6-7,11-12,20H2,1-5H3. The normalized spacial score (nSPS) is 17.2. The van der Waals surface area contributed by atoms with Crippen molar-refractivity contribution in [2.24, 2.45) is 12.8 Å². The third-order valence-electron chi connectivity index (χ3n) is 5.07. The van der Waals surface area contributed by atoms with E-state index in [0.717, 1.165) is 25.9 Å². The van der Waals surface area contributed by atoms with E-state index in [0.29, 0.717) is 0 Å². The molecule has 1 aliphatic rings. The zero-order valence-corrected chi connectivity index (χ0v) is 14.6. The predicted molar refractivity (Wildman–Crippen MR) is 93.9 cm³/mol. The van der Waals surface area contributed by atoms with Crippen molar-refractivity contribution < 1.29 is 0 Å². The zero-order valence-electron chi connectivity index (χ0n) is 14.6. The van der Waals surface area contributed by atoms with Crippen LogP contribution in [0, 0.1) is 0 Å². The van der Waals surface area contributed by atoms with Gasteiger partial charge in [0.1, 0.15) is 0 Å². The Hall–Kier alpha value is -1.32. The summed E-state index contributed by atoms with van der Waals surface area (Å²) in [6.07, 6.45) is 4.26. The van der Waals surface area contributed by atoms with E-state index in [2.05, 4.69) is 62.5 Å². The minimum atomic E-state index is 0.221. The van der Waals surface area contributed by atoms with Crippen LogP contribution in [0.4, 0.5) is 0 Å². The van der Waals surface area contributed by atoms with Crippen LogP contribution in [-0.2, 0) is 26.6 Å². The average Bonchev–Trinajstić information content (AvgIpc) is 2.98. The van der Waals surface area contributed by atoms with E-state index in [-0.39, 0.29) is 11.6 Å². The Labute approximate surface area is 134 Å². The second kappa shape index (κ2) is 5.39. The number of hydrogen-bond acceptors (Lipinski definition) is 2. The van der Waals surface area contributed by atoms with E-state index >= 15 is 0 Å². The van der Waals surface area contributed by atoms with Gasteiger partial charge in [0.25, 0.3) is 0 Å². The molecule has 0 aliphatic carbocycles. The summed E-state index contributed by atoms with van der Waals surface area (Å²) in [6, 6.07) is 5.05. The summed E-state index contributed by atoms with van der Waals surface area (Å²) < 4.78 is 2.26. The van der Waals surface area contributed by atoms with Gasteiger partial charge in [-0.3, -0.25) is 4.90 Å². The van der Waals surface area contributed by atoms with Crippen molar-refractivity contribution in [3.05, 3.63) is 35.0 Å². The minimum Gasteiger partial charge on any atom is -0.350 e. The molecule has 3 nitrogen and oxygen atoms in total. The molecule has 1 aromatic heterocycles. The largest absolute Gasteiger partial charge is 0.350 e. The summed E-state index contributed by atoms with van der Waals surface area (Å²) in [5.74, 6) is 0. The summed E-state index contributed by atoms with van der Waals surface area (Å²) in [6.45, 7) is 11.2. The highest BCUT2D eigenvalue weighted by atomic mass is 15.2. The first-order valence-corrected chi connectivity index (χ1v) is 8.40. The summed E-state index contributed by atoms with van der Waals surface area (Å²) in [7, 11) is 2.15. The molecule has 3 rings (SSSR count). The molecule has 0 bridgehead atoms. The molecule has 22 heavy (non-hydrogen) atoms. The topological polar surface area (TPSA) is 34.2 Å². The second-order valence-corrected chi connectivity index (χ2v) is 7.80. The van der Waals surface area contributed by atoms with Crippen molar-refractivity contribution in [1.82, 2.24) is 9.47 Å². The molecule has 2 N–H and O–H groups in total. The van der Waals surface area contributed by atoms with Crippen molar-refractivity contribution in [1.29, 1.82) is 0 Å². The molecule has 1 aliphatic heterocycles. The van der Waals surface area contributed by atoms with Gasteiger partial charge in [-0.1, -0.05) is 6.92 Å². The van der Waals surface area contributed by atoms with E-state index in [9.17, 15) is 0 Å². The fraction of sp³-hybridized carbons (Fsp3) is 0.579. The number of benzene rings is 1. The number of nitrogens with two attached hydrogens (primary N) is 1. The second-order valence-electron chi connectivity index (χ2n) is 7.80. The molecule has 1 aromatic carbocycles. The van der Waals surface area contributed by atoms with Crippen molar-refractivity contribution >= 4 is 10.9 Å². The van der Waals surface area contributed by atoms with Crippen molar-refractivity contribution in [3.8, 4) is 0 Å². The van der Waals surface area contributed by atoms with Crippen molar-refractivity contribution in [3.63, 3.8) is 0 Å². The fourth-order valence-corrected chi connectivity index (χ4v) is 3.42. The van der Waals surface area contributed by atoms with Gasteiger partial charge >= 0.3 is 0 Å². The molecule has 3 heteroatoms. The first-order valence-electron chi connectivity index (χ1n) is 8.40. The molecule has 0 amide bonds. The molecule has 1 unspecified atom stereocenters. The Morgan fingerprint density at radius 3 is 2.41 bits per heavy atom. The highest BCUT2D eigenvalue weighted by molar-refractivity contribution is 5.86. The Bertz CT molecular complexity index is 691. The van der Waals surface area contributed by atoms with Crippen LogP contribution in [0.3, 0.4) is 0 Å². The van der Waals surface area contributed by atoms with Gasteiger partial charge in [-0.2, -0.15) is 0 Å². The van der Waals surface area contributed by atoms with Crippen LogP contribution in [0.15, 0.2) is 18.3 Å². The molecule has 0 saturated heterocycles. The maximum atomic E-state index is 6.18. The first-order chi connectivity index (χ1) is 10.3. The van der Waals surface area contributed by atoms with Gasteiger partial charge in [-0.05, 0) is 62.4 Å². The Balaban J connectivity index is 2.01. The highest BCUT2D eigenvalue weighted by Gasteiger charge is 2.28. The molecule has 120 valence electrons. The third kappa shape index (κ3) is 2.68. The van der Waals surface area contributed by atoms with Crippen LogP contribution in [0.25, 0.3) is 10.9 Å². The SMILES string of the molecule is CCC(N)Cc1cn(C)c2cc3c(cc12)CN(C(C)(C)C)C3. The van der Waals surface area contributed by atoms with E-state index in [4.69, 9.17) is 5.73 Å². The lowest BCUT2D eigenvalue weighted by Gasteiger charge is -2.31. The minimum absolute atomic E-state index is 0.221. The number of hydrogen-bond donors (Lipinski definition) is 1. The summed E-state index contributed by atoms with van der Waals surface area (Å²) in [5, 5.41) is 1.39. The van der Waals surface area contributed by atoms with Gasteiger partial charge in [0.05, 0.1) is 0 Å². The van der Waals surface area contributed by atoms with Gasteiger partial charge in [-0.25, -0.2) is 0 Å². The molecule has 0 spiro atoms. The maximum Gasteiger partial charge on any atom is 0.0484 e. The molecule has 2 aromatic rings. The molecule has 1 atom stereocenters. The monoisotopic (exact) mass is 299 g/mol. The smallest absolute Gasteiger partial charge is 0.0484 e. The predicted octanol–water partition coefficient (Wildman–Crippen LogP) is 3.57. The quantitative estimate of drug-likeness (QED) is 0.940. The lowest BCUT2D eigenvalue weighted by Crippen LogP contribution is -2.36. The van der Waals surface area contributed by atoms with Crippen LogP contribution in [-0.4, -0.2) is 21.0 Å². The van der Waals surface area contributed by atoms with Gasteiger partial charge in [-0.15, -0.1) is 0 Å². The van der Waals surface area contributed by atoms with E-state index in [1.807, 2.05) is 0 Å². The molecule has 0 radical (unpaired) electrons. The molecule has 2 heterocycles. The molecular formula is C19H29N3. The van der Waals surface area contributed by atoms with Crippen LogP contribution in [0.2, 0.25) is 0 Å². The van der Waals surface area contributed by atoms with E-state index in [1.54, 1.807) is 0 Å². The lowest BCUT2D eigenvalue weighted by atomic mass is 10.0. The number of nitrogens with zero attached hydrogens (tertiary/aromatic N) is 2. The van der Waals surface area contributed by atoms with Gasteiger partial charge in [0.2, 0.25) is 0 Å². The Morgan fingerprint density at radius 1 is 1.18 bits per heavy atom. The maximum absolute atomic E-state index is 6.18. The van der Waals surface area contributed by atoms with Crippen LogP contribution in [0.5, 0.6) is 0 Å². The van der Waals surface area contributed by atoms with Gasteiger partial charge in [0, 0.05) is 48.8 Å². The fourth-order valence-electron chi connectivity index (χ4n) is 3.42. The number of aromatic nitrogens is 1. The van der Waals surface area contributed by atoms with E-state index in [1.165, 1.54) is 27.6 Å². The molecular weight excluding hydrogens is 270 g/mol. The van der Waals surface area contributed by atoms with E-state index < -0.39 is 0 Å². The van der Waals surface area contributed by atoms with Crippen molar-refractivity contribution in [2.45, 2.75) is 65.2 Å². The summed E-state index contributed by atoms with van der Waals surface area (Å²) in [4.78, 5) is 2.55. The summed E-state index contributed by atoms with van der Waals surface area (Å²) >= 11 is 0. The molecule has 0 saturated carbocycles. The number of aryl methyl sites for hydroxylation is 1. The number of rotatable bonds is 3. The number of fused-ring (bicyclic) bond motifs is 2. The first kappa shape index (κ1) is 15.6. The lowest BCUT2D eigenvalue weighted by molar-refractivity contribution is 0.136. The van der Waals surface area contributed by atoms with Gasteiger partial charge < -0.3 is 10.3 Å². The van der Waals surface area contributed by atoms with Crippen LogP contribution < -0.4 is 5.73 Å². The zero-order chi connectivity index (χ0) is 16.1. The average molecular weight is 299 g/mol. The Kier molecular flexibility index (Phi) is 3.82. The van der Waals surface area contributed by atoms with Crippen LogP contribution in [0.1, 0.15) is 50.8 Å². The third-order valence-corrected chi connectivity index (χ3v) is 5.07. The van der Waals surface area contributed by atoms with Crippen LogP contribution >= 0.6 is 0 Å². The Morgan fingerprint density at radius 2 is 1.82 bits per heavy atom. The van der Waals surface area contributed by atoms with Crippen molar-refractivity contribution in [2.75, 3.05) is 0 Å². The summed E-state index contributed by atoms with van der Waals surface area (Å²) in [5.41, 5.74) is 12.1. The highest BCUT2D eigenvalue weighted by Crippen LogP contribution is 2.33. The molecule has 0 fully saturated rings.